The maximum atomic E-state index is 11.9. The molecule has 1 rings (SSSR count). The molecule has 1 aromatic carbocycles. The first-order valence-corrected chi connectivity index (χ1v) is 5.83. The van der Waals surface area contributed by atoms with E-state index in [-0.39, 0.29) is 11.9 Å². The monoisotopic (exact) mass is 235 g/mol. The van der Waals surface area contributed by atoms with Crippen molar-refractivity contribution in [2.24, 2.45) is 0 Å². The zero-order valence-electron chi connectivity index (χ0n) is 10.9. The summed E-state index contributed by atoms with van der Waals surface area (Å²) in [4.78, 5) is 13.6. The lowest BCUT2D eigenvalue weighted by atomic mass is 10.1. The van der Waals surface area contributed by atoms with Crippen LogP contribution in [0.4, 0.5) is 11.4 Å². The number of anilines is 2. The summed E-state index contributed by atoms with van der Waals surface area (Å²) in [6.07, 6.45) is 0. The molecule has 0 saturated carbocycles. The van der Waals surface area contributed by atoms with E-state index in [0.717, 1.165) is 16.9 Å². The number of amides is 1. The molecule has 0 spiro atoms. The Morgan fingerprint density at radius 1 is 1.53 bits per heavy atom. The Hall–Kier alpha value is -1.71. The summed E-state index contributed by atoms with van der Waals surface area (Å²) >= 11 is 0. The van der Waals surface area contributed by atoms with Crippen molar-refractivity contribution in [1.82, 2.24) is 4.90 Å². The molecule has 0 aliphatic carbocycles. The van der Waals surface area contributed by atoms with Crippen molar-refractivity contribution < 1.29 is 4.79 Å². The maximum absolute atomic E-state index is 11.9. The number of nitrogens with two attached hydrogens (primary N) is 1. The van der Waals surface area contributed by atoms with Crippen molar-refractivity contribution in [3.63, 3.8) is 0 Å². The van der Waals surface area contributed by atoms with E-state index in [0.29, 0.717) is 6.54 Å². The summed E-state index contributed by atoms with van der Waals surface area (Å²) in [5.41, 5.74) is 8.44. The number of carbonyl (C=O) groups excluding carboxylic acids is 1. The zero-order chi connectivity index (χ0) is 13.0. The molecule has 1 aromatic rings. The molecule has 0 saturated heterocycles. The lowest BCUT2D eigenvalue weighted by Gasteiger charge is -2.21. The largest absolute Gasteiger partial charge is 0.399 e. The van der Waals surface area contributed by atoms with Crippen LogP contribution in [-0.4, -0.2) is 30.4 Å². The van der Waals surface area contributed by atoms with Crippen LogP contribution in [0.2, 0.25) is 0 Å². The Bertz CT molecular complexity index is 404. The molecule has 1 amide bonds. The van der Waals surface area contributed by atoms with Crippen LogP contribution < -0.4 is 11.1 Å². The molecule has 0 bridgehead atoms. The summed E-state index contributed by atoms with van der Waals surface area (Å²) in [6, 6.07) is 5.45. The predicted octanol–water partition coefficient (Wildman–Crippen LogP) is 1.86. The van der Waals surface area contributed by atoms with Gasteiger partial charge in [0.1, 0.15) is 6.04 Å². The van der Waals surface area contributed by atoms with Crippen LogP contribution in [0.15, 0.2) is 18.2 Å². The standard InChI is InChI=1S/C13H21N3O/c1-5-16(4)13(17)10(3)15-11-6-7-12(14)9(2)8-11/h6-8,10,15H,5,14H2,1-4H3. The van der Waals surface area contributed by atoms with E-state index in [1.807, 2.05) is 39.0 Å². The minimum absolute atomic E-state index is 0.0852. The Morgan fingerprint density at radius 3 is 2.71 bits per heavy atom. The average molecular weight is 235 g/mol. The number of carbonyl (C=O) groups is 1. The van der Waals surface area contributed by atoms with Crippen molar-refractivity contribution >= 4 is 17.3 Å². The van der Waals surface area contributed by atoms with E-state index in [9.17, 15) is 4.79 Å². The zero-order valence-corrected chi connectivity index (χ0v) is 10.9. The van der Waals surface area contributed by atoms with Crippen LogP contribution in [0.3, 0.4) is 0 Å². The van der Waals surface area contributed by atoms with Crippen LogP contribution in [0.25, 0.3) is 0 Å². The van der Waals surface area contributed by atoms with E-state index in [1.165, 1.54) is 0 Å². The molecule has 94 valence electrons. The third kappa shape index (κ3) is 3.37. The van der Waals surface area contributed by atoms with Gasteiger partial charge in [-0.25, -0.2) is 0 Å². The number of nitrogens with one attached hydrogen (secondary N) is 1. The van der Waals surface area contributed by atoms with E-state index in [4.69, 9.17) is 5.73 Å². The Balaban J connectivity index is 2.71. The molecule has 17 heavy (non-hydrogen) atoms. The molecule has 1 unspecified atom stereocenters. The summed E-state index contributed by atoms with van der Waals surface area (Å²) in [6.45, 7) is 6.48. The molecule has 0 radical (unpaired) electrons. The number of nitrogens with zero attached hydrogens (tertiary/aromatic N) is 1. The van der Waals surface area contributed by atoms with Gasteiger partial charge < -0.3 is 16.0 Å². The predicted molar refractivity (Wildman–Crippen MR) is 72.0 cm³/mol. The van der Waals surface area contributed by atoms with E-state index >= 15 is 0 Å². The molecule has 1 atom stereocenters. The first-order chi connectivity index (χ1) is 7.95. The number of nitrogen functional groups attached to an aromatic ring is 1. The van der Waals surface area contributed by atoms with Gasteiger partial charge in [0, 0.05) is 25.0 Å². The number of hydrogen-bond donors (Lipinski definition) is 2. The highest BCUT2D eigenvalue weighted by atomic mass is 16.2. The highest BCUT2D eigenvalue weighted by molar-refractivity contribution is 5.84. The maximum Gasteiger partial charge on any atom is 0.244 e. The second-order valence-corrected chi connectivity index (χ2v) is 4.29. The van der Waals surface area contributed by atoms with Gasteiger partial charge in [-0.15, -0.1) is 0 Å². The number of hydrogen-bond acceptors (Lipinski definition) is 3. The fourth-order valence-electron chi connectivity index (χ4n) is 1.56. The van der Waals surface area contributed by atoms with Gasteiger partial charge in [-0.1, -0.05) is 0 Å². The molecule has 3 N–H and O–H groups in total. The van der Waals surface area contributed by atoms with Gasteiger partial charge in [-0.05, 0) is 44.5 Å². The van der Waals surface area contributed by atoms with E-state index in [2.05, 4.69) is 5.32 Å². The van der Waals surface area contributed by atoms with Gasteiger partial charge in [0.15, 0.2) is 0 Å². The fourth-order valence-corrected chi connectivity index (χ4v) is 1.56. The van der Waals surface area contributed by atoms with Crippen molar-refractivity contribution in [2.45, 2.75) is 26.8 Å². The molecule has 0 aromatic heterocycles. The van der Waals surface area contributed by atoms with Gasteiger partial charge >= 0.3 is 0 Å². The number of aryl methyl sites for hydroxylation is 1. The molecule has 0 aliphatic rings. The Labute approximate surface area is 103 Å². The number of likely N-dealkylation sites (N-methyl/N-ethyl adjacent to an activating group) is 1. The number of rotatable bonds is 4. The molecular formula is C13H21N3O. The number of benzene rings is 1. The van der Waals surface area contributed by atoms with Gasteiger partial charge in [-0.2, -0.15) is 0 Å². The van der Waals surface area contributed by atoms with E-state index in [1.54, 1.807) is 11.9 Å². The third-order valence-electron chi connectivity index (χ3n) is 2.87. The second kappa shape index (κ2) is 5.57. The van der Waals surface area contributed by atoms with Gasteiger partial charge in [0.05, 0.1) is 0 Å². The highest BCUT2D eigenvalue weighted by Crippen LogP contribution is 2.17. The second-order valence-electron chi connectivity index (χ2n) is 4.29. The Morgan fingerprint density at radius 2 is 2.18 bits per heavy atom. The summed E-state index contributed by atoms with van der Waals surface area (Å²) in [5, 5.41) is 3.18. The van der Waals surface area contributed by atoms with Crippen LogP contribution in [0.5, 0.6) is 0 Å². The van der Waals surface area contributed by atoms with Crippen molar-refractivity contribution in [3.8, 4) is 0 Å². The van der Waals surface area contributed by atoms with Crippen LogP contribution in [0.1, 0.15) is 19.4 Å². The van der Waals surface area contributed by atoms with Crippen molar-refractivity contribution in [2.75, 3.05) is 24.6 Å². The molecule has 4 nitrogen and oxygen atoms in total. The van der Waals surface area contributed by atoms with Crippen LogP contribution in [-0.2, 0) is 4.79 Å². The van der Waals surface area contributed by atoms with Crippen LogP contribution >= 0.6 is 0 Å². The molecular weight excluding hydrogens is 214 g/mol. The molecule has 0 heterocycles. The fraction of sp³-hybridized carbons (Fsp3) is 0.462. The highest BCUT2D eigenvalue weighted by Gasteiger charge is 2.15. The summed E-state index contributed by atoms with van der Waals surface area (Å²) in [7, 11) is 1.80. The first-order valence-electron chi connectivity index (χ1n) is 5.83. The van der Waals surface area contributed by atoms with Crippen molar-refractivity contribution in [3.05, 3.63) is 23.8 Å². The SMILES string of the molecule is CCN(C)C(=O)C(C)Nc1ccc(N)c(C)c1. The molecule has 4 heteroatoms. The first kappa shape index (κ1) is 13.4. The molecule has 0 aliphatic heterocycles. The lowest BCUT2D eigenvalue weighted by molar-refractivity contribution is -0.130. The topological polar surface area (TPSA) is 58.4 Å². The van der Waals surface area contributed by atoms with Crippen molar-refractivity contribution in [1.29, 1.82) is 0 Å². The molecule has 0 fully saturated rings. The average Bonchev–Trinajstić information content (AvgIpc) is 2.31. The minimum atomic E-state index is -0.233. The smallest absolute Gasteiger partial charge is 0.244 e. The lowest BCUT2D eigenvalue weighted by Crippen LogP contribution is -2.38. The normalized spacial score (nSPS) is 12.0. The van der Waals surface area contributed by atoms with E-state index < -0.39 is 0 Å². The quantitative estimate of drug-likeness (QED) is 0.783. The van der Waals surface area contributed by atoms with Gasteiger partial charge in [0.2, 0.25) is 5.91 Å². The summed E-state index contributed by atoms with van der Waals surface area (Å²) < 4.78 is 0. The van der Waals surface area contributed by atoms with Gasteiger partial charge in [0.25, 0.3) is 0 Å². The minimum Gasteiger partial charge on any atom is -0.399 e. The van der Waals surface area contributed by atoms with Crippen LogP contribution in [0, 0.1) is 6.92 Å². The third-order valence-corrected chi connectivity index (χ3v) is 2.87. The summed E-state index contributed by atoms with van der Waals surface area (Å²) in [5.74, 6) is 0.0852. The Kier molecular flexibility index (Phi) is 4.37. The van der Waals surface area contributed by atoms with Gasteiger partial charge in [-0.3, -0.25) is 4.79 Å².